The molecular formula is C23H21N3O4. The van der Waals surface area contributed by atoms with E-state index in [0.29, 0.717) is 28.3 Å². The van der Waals surface area contributed by atoms with Crippen LogP contribution in [0.2, 0.25) is 0 Å². The van der Waals surface area contributed by atoms with Crippen LogP contribution in [-0.4, -0.2) is 31.7 Å². The van der Waals surface area contributed by atoms with Gasteiger partial charge in [-0.3, -0.25) is 9.59 Å². The van der Waals surface area contributed by atoms with Crippen molar-refractivity contribution in [2.45, 2.75) is 0 Å². The van der Waals surface area contributed by atoms with E-state index in [-0.39, 0.29) is 18.4 Å². The number of carbonyl (C=O) groups excluding carboxylic acids is 2. The third-order valence-electron chi connectivity index (χ3n) is 4.02. The first kappa shape index (κ1) is 20.6. The SMILES string of the molecule is COc1ccccc1NC(=O)COc1cccc(C=NNC(=O)c2ccccc2)c1. The van der Waals surface area contributed by atoms with E-state index in [2.05, 4.69) is 15.8 Å². The van der Waals surface area contributed by atoms with Crippen LogP contribution in [0.3, 0.4) is 0 Å². The van der Waals surface area contributed by atoms with Crippen molar-refractivity contribution >= 4 is 23.7 Å². The number of hydrazone groups is 1. The number of amides is 2. The average molecular weight is 403 g/mol. The van der Waals surface area contributed by atoms with E-state index < -0.39 is 0 Å². The van der Waals surface area contributed by atoms with E-state index in [1.54, 1.807) is 66.7 Å². The molecule has 0 spiro atoms. The molecule has 0 aliphatic heterocycles. The Hall–Kier alpha value is -4.13. The summed E-state index contributed by atoms with van der Waals surface area (Å²) in [5.74, 6) is 0.464. The summed E-state index contributed by atoms with van der Waals surface area (Å²) >= 11 is 0. The highest BCUT2D eigenvalue weighted by atomic mass is 16.5. The molecule has 152 valence electrons. The van der Waals surface area contributed by atoms with Crippen LogP contribution >= 0.6 is 0 Å². The van der Waals surface area contributed by atoms with Gasteiger partial charge in [0, 0.05) is 5.56 Å². The molecule has 3 aromatic carbocycles. The Morgan fingerprint density at radius 2 is 1.73 bits per heavy atom. The number of para-hydroxylation sites is 2. The number of anilines is 1. The molecule has 0 unspecified atom stereocenters. The molecule has 0 radical (unpaired) electrons. The highest BCUT2D eigenvalue weighted by molar-refractivity contribution is 5.95. The van der Waals surface area contributed by atoms with E-state index in [0.717, 1.165) is 0 Å². The molecule has 7 heteroatoms. The van der Waals surface area contributed by atoms with Crippen LogP contribution in [0.5, 0.6) is 11.5 Å². The topological polar surface area (TPSA) is 89.0 Å². The summed E-state index contributed by atoms with van der Waals surface area (Å²) < 4.78 is 10.8. The summed E-state index contributed by atoms with van der Waals surface area (Å²) in [6.45, 7) is -0.163. The highest BCUT2D eigenvalue weighted by Gasteiger charge is 2.08. The first-order valence-electron chi connectivity index (χ1n) is 9.20. The highest BCUT2D eigenvalue weighted by Crippen LogP contribution is 2.22. The van der Waals surface area contributed by atoms with Gasteiger partial charge in [0.1, 0.15) is 11.5 Å². The van der Waals surface area contributed by atoms with Gasteiger partial charge in [-0.15, -0.1) is 0 Å². The molecule has 0 saturated heterocycles. The molecule has 0 aliphatic rings. The summed E-state index contributed by atoms with van der Waals surface area (Å²) in [6.07, 6.45) is 1.50. The lowest BCUT2D eigenvalue weighted by molar-refractivity contribution is -0.118. The predicted molar refractivity (Wildman–Crippen MR) is 115 cm³/mol. The number of nitrogens with one attached hydrogen (secondary N) is 2. The summed E-state index contributed by atoms with van der Waals surface area (Å²) in [5.41, 5.74) is 4.28. The molecule has 0 bridgehead atoms. The third-order valence-corrected chi connectivity index (χ3v) is 4.02. The summed E-state index contributed by atoms with van der Waals surface area (Å²) in [7, 11) is 1.54. The molecular weight excluding hydrogens is 382 g/mol. The zero-order valence-electron chi connectivity index (χ0n) is 16.4. The maximum atomic E-state index is 12.2. The van der Waals surface area contributed by atoms with Crippen LogP contribution in [0.25, 0.3) is 0 Å². The number of nitrogens with zero attached hydrogens (tertiary/aromatic N) is 1. The van der Waals surface area contributed by atoms with Gasteiger partial charge in [0.25, 0.3) is 11.8 Å². The van der Waals surface area contributed by atoms with E-state index in [1.807, 2.05) is 12.1 Å². The van der Waals surface area contributed by atoms with Gasteiger partial charge < -0.3 is 14.8 Å². The van der Waals surface area contributed by atoms with Crippen molar-refractivity contribution in [2.75, 3.05) is 19.0 Å². The van der Waals surface area contributed by atoms with Crippen molar-refractivity contribution in [1.29, 1.82) is 0 Å². The molecule has 30 heavy (non-hydrogen) atoms. The Morgan fingerprint density at radius 1 is 0.967 bits per heavy atom. The lowest BCUT2D eigenvalue weighted by atomic mass is 10.2. The van der Waals surface area contributed by atoms with Gasteiger partial charge in [0.2, 0.25) is 0 Å². The second-order valence-corrected chi connectivity index (χ2v) is 6.17. The Morgan fingerprint density at radius 3 is 2.53 bits per heavy atom. The van der Waals surface area contributed by atoms with Gasteiger partial charge in [0.15, 0.2) is 6.61 Å². The van der Waals surface area contributed by atoms with Gasteiger partial charge in [0.05, 0.1) is 19.0 Å². The normalized spacial score (nSPS) is 10.4. The number of benzene rings is 3. The molecule has 0 atom stereocenters. The lowest BCUT2D eigenvalue weighted by Gasteiger charge is -2.10. The smallest absolute Gasteiger partial charge is 0.271 e. The number of methoxy groups -OCH3 is 1. The first-order chi connectivity index (χ1) is 14.7. The standard InChI is InChI=1S/C23H21N3O4/c1-29-21-13-6-5-12-20(21)25-22(27)16-30-19-11-7-8-17(14-19)15-24-26-23(28)18-9-3-2-4-10-18/h2-15H,16H2,1H3,(H,25,27)(H,26,28). The molecule has 2 N–H and O–H groups in total. The largest absolute Gasteiger partial charge is 0.495 e. The second-order valence-electron chi connectivity index (χ2n) is 6.17. The molecule has 3 aromatic rings. The van der Waals surface area contributed by atoms with Crippen molar-refractivity contribution in [2.24, 2.45) is 5.10 Å². The fraction of sp³-hybridized carbons (Fsp3) is 0.0870. The van der Waals surface area contributed by atoms with Crippen molar-refractivity contribution in [3.05, 3.63) is 90.0 Å². The van der Waals surface area contributed by atoms with E-state index >= 15 is 0 Å². The Bertz CT molecular complexity index is 1040. The summed E-state index contributed by atoms with van der Waals surface area (Å²) in [4.78, 5) is 24.1. The zero-order valence-corrected chi connectivity index (χ0v) is 16.4. The van der Waals surface area contributed by atoms with Gasteiger partial charge >= 0.3 is 0 Å². The fourth-order valence-corrected chi connectivity index (χ4v) is 2.59. The van der Waals surface area contributed by atoms with Crippen LogP contribution in [0.4, 0.5) is 5.69 Å². The maximum absolute atomic E-state index is 12.2. The first-order valence-corrected chi connectivity index (χ1v) is 9.20. The molecule has 0 heterocycles. The van der Waals surface area contributed by atoms with Crippen LogP contribution < -0.4 is 20.2 Å². The lowest BCUT2D eigenvalue weighted by Crippen LogP contribution is -2.20. The van der Waals surface area contributed by atoms with Gasteiger partial charge in [-0.1, -0.05) is 42.5 Å². The van der Waals surface area contributed by atoms with Crippen molar-refractivity contribution < 1.29 is 19.1 Å². The number of rotatable bonds is 8. The molecule has 0 aromatic heterocycles. The number of hydrogen-bond donors (Lipinski definition) is 2. The summed E-state index contributed by atoms with van der Waals surface area (Å²) in [5, 5.41) is 6.70. The molecule has 2 amide bonds. The molecule has 3 rings (SSSR count). The molecule has 0 aliphatic carbocycles. The van der Waals surface area contributed by atoms with Crippen LogP contribution in [0, 0.1) is 0 Å². The minimum atomic E-state index is -0.311. The number of hydrogen-bond acceptors (Lipinski definition) is 5. The van der Waals surface area contributed by atoms with Gasteiger partial charge in [-0.05, 0) is 42.0 Å². The Balaban J connectivity index is 1.52. The van der Waals surface area contributed by atoms with E-state index in [4.69, 9.17) is 9.47 Å². The van der Waals surface area contributed by atoms with Crippen LogP contribution in [0.15, 0.2) is 84.0 Å². The monoisotopic (exact) mass is 403 g/mol. The fourth-order valence-electron chi connectivity index (χ4n) is 2.59. The van der Waals surface area contributed by atoms with Crippen molar-refractivity contribution in [3.8, 4) is 11.5 Å². The molecule has 7 nitrogen and oxygen atoms in total. The zero-order chi connectivity index (χ0) is 21.2. The van der Waals surface area contributed by atoms with Crippen LogP contribution in [0.1, 0.15) is 15.9 Å². The average Bonchev–Trinajstić information content (AvgIpc) is 2.79. The maximum Gasteiger partial charge on any atom is 0.271 e. The number of carbonyl (C=O) groups is 2. The van der Waals surface area contributed by atoms with Crippen LogP contribution in [-0.2, 0) is 4.79 Å². The van der Waals surface area contributed by atoms with E-state index in [1.165, 1.54) is 13.3 Å². The summed E-state index contributed by atoms with van der Waals surface area (Å²) in [6, 6.07) is 23.0. The van der Waals surface area contributed by atoms with E-state index in [9.17, 15) is 9.59 Å². The van der Waals surface area contributed by atoms with Gasteiger partial charge in [-0.2, -0.15) is 5.10 Å². The molecule has 0 saturated carbocycles. The minimum Gasteiger partial charge on any atom is -0.495 e. The minimum absolute atomic E-state index is 0.163. The Labute approximate surface area is 174 Å². The van der Waals surface area contributed by atoms with Gasteiger partial charge in [-0.25, -0.2) is 5.43 Å². The molecule has 0 fully saturated rings. The second kappa shape index (κ2) is 10.4. The Kier molecular flexibility index (Phi) is 7.16. The quantitative estimate of drug-likeness (QED) is 0.445. The predicted octanol–water partition coefficient (Wildman–Crippen LogP) is 3.48. The number of ether oxygens (including phenoxy) is 2. The van der Waals surface area contributed by atoms with Crippen molar-refractivity contribution in [3.63, 3.8) is 0 Å². The van der Waals surface area contributed by atoms with Crippen molar-refractivity contribution in [1.82, 2.24) is 5.43 Å². The third kappa shape index (κ3) is 5.93.